The van der Waals surface area contributed by atoms with Crippen molar-refractivity contribution in [3.05, 3.63) is 102 Å². The molecule has 3 aromatic rings. The third-order valence-electron chi connectivity index (χ3n) is 4.02. The molecule has 4 nitrogen and oxygen atoms in total. The van der Waals surface area contributed by atoms with Crippen molar-refractivity contribution in [2.45, 2.75) is 13.2 Å². The molecule has 0 aromatic heterocycles. The molecule has 0 aliphatic rings. The second-order valence-electron chi connectivity index (χ2n) is 5.99. The van der Waals surface area contributed by atoms with Crippen LogP contribution in [-0.4, -0.2) is 11.1 Å². The number of carboxylic acids is 1. The van der Waals surface area contributed by atoms with Crippen molar-refractivity contribution in [3.63, 3.8) is 0 Å². The molecule has 3 rings (SSSR count). The lowest BCUT2D eigenvalue weighted by Crippen LogP contribution is -2.03. The summed E-state index contributed by atoms with van der Waals surface area (Å²) in [4.78, 5) is 11.2. The van der Waals surface area contributed by atoms with Gasteiger partial charge in [-0.2, -0.15) is 0 Å². The number of ether oxygens (including phenoxy) is 2. The largest absolute Gasteiger partial charge is 0.485 e. The SMILES string of the molecule is C=C(C(=O)O)c1ccc(OCc2ccccc2)c(OCc2ccccc2)c1. The van der Waals surface area contributed by atoms with Gasteiger partial charge in [-0.25, -0.2) is 4.79 Å². The summed E-state index contributed by atoms with van der Waals surface area (Å²) in [7, 11) is 0. The lowest BCUT2D eigenvalue weighted by molar-refractivity contribution is -0.130. The van der Waals surface area contributed by atoms with E-state index in [0.29, 0.717) is 30.3 Å². The molecular weight excluding hydrogens is 340 g/mol. The Balaban J connectivity index is 1.81. The van der Waals surface area contributed by atoms with Gasteiger partial charge >= 0.3 is 5.97 Å². The van der Waals surface area contributed by atoms with Gasteiger partial charge in [-0.1, -0.05) is 73.3 Å². The van der Waals surface area contributed by atoms with Gasteiger partial charge in [0.1, 0.15) is 13.2 Å². The van der Waals surface area contributed by atoms with Gasteiger partial charge in [-0.3, -0.25) is 0 Å². The molecule has 0 saturated carbocycles. The first-order valence-corrected chi connectivity index (χ1v) is 8.53. The summed E-state index contributed by atoms with van der Waals surface area (Å²) < 4.78 is 11.8. The minimum absolute atomic E-state index is 0.00849. The first-order chi connectivity index (χ1) is 13.1. The van der Waals surface area contributed by atoms with Crippen LogP contribution in [0.25, 0.3) is 5.57 Å². The molecule has 0 fully saturated rings. The van der Waals surface area contributed by atoms with E-state index in [9.17, 15) is 9.90 Å². The third kappa shape index (κ3) is 4.98. The molecule has 0 unspecified atom stereocenters. The van der Waals surface area contributed by atoms with Crippen LogP contribution in [0.2, 0.25) is 0 Å². The van der Waals surface area contributed by atoms with Crippen LogP contribution in [0, 0.1) is 0 Å². The van der Waals surface area contributed by atoms with Crippen molar-refractivity contribution < 1.29 is 19.4 Å². The number of carboxylic acid groups (broad SMARTS) is 1. The molecule has 1 N–H and O–H groups in total. The summed E-state index contributed by atoms with van der Waals surface area (Å²) in [5.74, 6) is -0.0339. The molecule has 27 heavy (non-hydrogen) atoms. The number of rotatable bonds is 8. The monoisotopic (exact) mass is 360 g/mol. The number of benzene rings is 3. The maximum Gasteiger partial charge on any atom is 0.335 e. The second-order valence-corrected chi connectivity index (χ2v) is 5.99. The van der Waals surface area contributed by atoms with Crippen LogP contribution in [0.4, 0.5) is 0 Å². The van der Waals surface area contributed by atoms with E-state index in [1.807, 2.05) is 60.7 Å². The maximum atomic E-state index is 11.2. The third-order valence-corrected chi connectivity index (χ3v) is 4.02. The van der Waals surface area contributed by atoms with Crippen molar-refractivity contribution in [2.24, 2.45) is 0 Å². The normalized spacial score (nSPS) is 10.2. The highest BCUT2D eigenvalue weighted by Gasteiger charge is 2.13. The zero-order valence-electron chi connectivity index (χ0n) is 14.8. The van der Waals surface area contributed by atoms with E-state index in [1.165, 1.54) is 0 Å². The lowest BCUT2D eigenvalue weighted by Gasteiger charge is -2.14. The van der Waals surface area contributed by atoms with Gasteiger partial charge in [0, 0.05) is 0 Å². The van der Waals surface area contributed by atoms with Crippen LogP contribution in [0.15, 0.2) is 85.4 Å². The summed E-state index contributed by atoms with van der Waals surface area (Å²) in [6, 6.07) is 24.6. The standard InChI is InChI=1S/C23H20O4/c1-17(23(24)25)20-12-13-21(26-15-18-8-4-2-5-9-18)22(14-20)27-16-19-10-6-3-7-11-19/h2-14H,1,15-16H2,(H,24,25). The average Bonchev–Trinajstić information content (AvgIpc) is 2.72. The van der Waals surface area contributed by atoms with E-state index in [4.69, 9.17) is 9.47 Å². The molecule has 136 valence electrons. The van der Waals surface area contributed by atoms with Gasteiger partial charge in [0.25, 0.3) is 0 Å². The molecular formula is C23H20O4. The Labute approximate surface area is 158 Å². The van der Waals surface area contributed by atoms with E-state index < -0.39 is 5.97 Å². The topological polar surface area (TPSA) is 55.8 Å². The van der Waals surface area contributed by atoms with Crippen molar-refractivity contribution in [1.29, 1.82) is 0 Å². The summed E-state index contributed by atoms with van der Waals surface area (Å²) in [5, 5.41) is 9.18. The molecule has 0 bridgehead atoms. The fraction of sp³-hybridized carbons (Fsp3) is 0.0870. The predicted octanol–water partition coefficient (Wildman–Crippen LogP) is 4.94. The maximum absolute atomic E-state index is 11.2. The molecule has 0 saturated heterocycles. The Hall–Kier alpha value is -3.53. The molecule has 0 heterocycles. The van der Waals surface area contributed by atoms with E-state index in [1.54, 1.807) is 18.2 Å². The number of carbonyl (C=O) groups is 1. The first-order valence-electron chi connectivity index (χ1n) is 8.53. The van der Waals surface area contributed by atoms with Gasteiger partial charge in [0.05, 0.1) is 5.57 Å². The molecule has 0 aliphatic heterocycles. The van der Waals surface area contributed by atoms with Crippen LogP contribution in [-0.2, 0) is 18.0 Å². The quantitative estimate of drug-likeness (QED) is 0.578. The molecule has 4 heteroatoms. The molecule has 0 aliphatic carbocycles. The first kappa shape index (κ1) is 18.3. The van der Waals surface area contributed by atoms with E-state index in [0.717, 1.165) is 11.1 Å². The minimum Gasteiger partial charge on any atom is -0.485 e. The van der Waals surface area contributed by atoms with Crippen LogP contribution in [0.5, 0.6) is 11.5 Å². The van der Waals surface area contributed by atoms with E-state index in [-0.39, 0.29) is 5.57 Å². The highest BCUT2D eigenvalue weighted by atomic mass is 16.5. The molecule has 0 amide bonds. The van der Waals surface area contributed by atoms with Crippen LogP contribution in [0.3, 0.4) is 0 Å². The summed E-state index contributed by atoms with van der Waals surface area (Å²) in [5.41, 5.74) is 2.53. The Kier molecular flexibility index (Phi) is 5.90. The summed E-state index contributed by atoms with van der Waals surface area (Å²) >= 11 is 0. The Morgan fingerprint density at radius 3 is 1.81 bits per heavy atom. The van der Waals surface area contributed by atoms with Crippen molar-refractivity contribution in [2.75, 3.05) is 0 Å². The second kappa shape index (κ2) is 8.72. The predicted molar refractivity (Wildman–Crippen MR) is 105 cm³/mol. The fourth-order valence-corrected chi connectivity index (χ4v) is 2.52. The van der Waals surface area contributed by atoms with Gasteiger partial charge in [0.2, 0.25) is 0 Å². The van der Waals surface area contributed by atoms with Crippen molar-refractivity contribution in [1.82, 2.24) is 0 Å². The minimum atomic E-state index is -1.07. The van der Waals surface area contributed by atoms with E-state index >= 15 is 0 Å². The molecule has 0 radical (unpaired) electrons. The number of hydrogen-bond acceptors (Lipinski definition) is 3. The Morgan fingerprint density at radius 1 is 0.778 bits per heavy atom. The van der Waals surface area contributed by atoms with Gasteiger partial charge in [-0.15, -0.1) is 0 Å². The smallest absolute Gasteiger partial charge is 0.335 e. The van der Waals surface area contributed by atoms with Gasteiger partial charge in [-0.05, 0) is 28.8 Å². The van der Waals surface area contributed by atoms with Crippen molar-refractivity contribution >= 4 is 11.5 Å². The Bertz CT molecular complexity index is 918. The fourth-order valence-electron chi connectivity index (χ4n) is 2.52. The highest BCUT2D eigenvalue weighted by molar-refractivity contribution is 6.14. The zero-order valence-corrected chi connectivity index (χ0v) is 14.8. The lowest BCUT2D eigenvalue weighted by atomic mass is 10.1. The van der Waals surface area contributed by atoms with Gasteiger partial charge < -0.3 is 14.6 Å². The van der Waals surface area contributed by atoms with Crippen LogP contribution >= 0.6 is 0 Å². The van der Waals surface area contributed by atoms with E-state index in [2.05, 4.69) is 6.58 Å². The van der Waals surface area contributed by atoms with Gasteiger partial charge in [0.15, 0.2) is 11.5 Å². The number of hydrogen-bond donors (Lipinski definition) is 1. The molecule has 0 atom stereocenters. The Morgan fingerprint density at radius 2 is 1.30 bits per heavy atom. The summed E-state index contributed by atoms with van der Waals surface area (Å²) in [6.45, 7) is 4.35. The average molecular weight is 360 g/mol. The molecule has 0 spiro atoms. The van der Waals surface area contributed by atoms with Crippen LogP contribution < -0.4 is 9.47 Å². The highest BCUT2D eigenvalue weighted by Crippen LogP contribution is 2.32. The van der Waals surface area contributed by atoms with Crippen molar-refractivity contribution in [3.8, 4) is 11.5 Å². The zero-order chi connectivity index (χ0) is 19.1. The summed E-state index contributed by atoms with van der Waals surface area (Å²) in [6.07, 6.45) is 0. The number of aliphatic carboxylic acids is 1. The van der Waals surface area contributed by atoms with Crippen LogP contribution in [0.1, 0.15) is 16.7 Å². The molecule has 3 aromatic carbocycles.